The summed E-state index contributed by atoms with van der Waals surface area (Å²) >= 11 is 0. The van der Waals surface area contributed by atoms with Crippen LogP contribution in [0.25, 0.3) is 0 Å². The Morgan fingerprint density at radius 1 is 1.48 bits per heavy atom. The zero-order chi connectivity index (χ0) is 15.4. The van der Waals surface area contributed by atoms with Gasteiger partial charge in [-0.25, -0.2) is 4.98 Å². The molecule has 21 heavy (non-hydrogen) atoms. The maximum atomic E-state index is 12.2. The van der Waals surface area contributed by atoms with Gasteiger partial charge in [0, 0.05) is 7.05 Å². The van der Waals surface area contributed by atoms with Gasteiger partial charge in [0.2, 0.25) is 0 Å². The minimum atomic E-state index is -0.583. The standard InChI is InChI=1S/C12H14N6O3/c1-7(11-14-6-15-17-11)16-12(19)8-4-3-5-9(13-2)10(8)18(20)21/h3-7,13H,1-2H3,(H,16,19)(H,14,15,17). The van der Waals surface area contributed by atoms with Crippen LogP contribution >= 0.6 is 0 Å². The Labute approximate surface area is 119 Å². The van der Waals surface area contributed by atoms with Crippen molar-refractivity contribution in [2.24, 2.45) is 0 Å². The number of aromatic nitrogens is 3. The molecule has 1 aromatic carbocycles. The molecule has 0 aliphatic rings. The van der Waals surface area contributed by atoms with E-state index in [0.717, 1.165) is 0 Å². The van der Waals surface area contributed by atoms with E-state index in [1.165, 1.54) is 18.5 Å². The molecular weight excluding hydrogens is 276 g/mol. The molecule has 2 rings (SSSR count). The van der Waals surface area contributed by atoms with E-state index in [1.54, 1.807) is 20.0 Å². The number of nitro benzene ring substituents is 1. The van der Waals surface area contributed by atoms with E-state index >= 15 is 0 Å². The molecule has 0 bridgehead atoms. The Balaban J connectivity index is 2.29. The highest BCUT2D eigenvalue weighted by Gasteiger charge is 2.25. The Hall–Kier alpha value is -2.97. The molecule has 9 nitrogen and oxygen atoms in total. The first-order valence-electron chi connectivity index (χ1n) is 6.16. The van der Waals surface area contributed by atoms with Gasteiger partial charge in [-0.1, -0.05) is 6.07 Å². The molecule has 110 valence electrons. The Morgan fingerprint density at radius 2 is 2.24 bits per heavy atom. The lowest BCUT2D eigenvalue weighted by Crippen LogP contribution is -2.28. The van der Waals surface area contributed by atoms with Crippen LogP contribution in [0.15, 0.2) is 24.5 Å². The average molecular weight is 290 g/mol. The lowest BCUT2D eigenvalue weighted by molar-refractivity contribution is -0.384. The molecule has 3 N–H and O–H groups in total. The van der Waals surface area contributed by atoms with Crippen molar-refractivity contribution in [3.8, 4) is 0 Å². The fourth-order valence-electron chi connectivity index (χ4n) is 1.89. The van der Waals surface area contributed by atoms with E-state index < -0.39 is 16.9 Å². The second-order valence-corrected chi connectivity index (χ2v) is 4.27. The Bertz CT molecular complexity index is 655. The van der Waals surface area contributed by atoms with Crippen LogP contribution in [0, 0.1) is 10.1 Å². The van der Waals surface area contributed by atoms with E-state index in [1.807, 2.05) is 0 Å². The molecule has 1 heterocycles. The Kier molecular flexibility index (Phi) is 4.12. The maximum Gasteiger partial charge on any atom is 0.305 e. The molecule has 0 spiro atoms. The predicted octanol–water partition coefficient (Wildman–Crippen LogP) is 1.25. The molecule has 2 aromatic rings. The van der Waals surface area contributed by atoms with E-state index in [2.05, 4.69) is 25.8 Å². The van der Waals surface area contributed by atoms with Crippen molar-refractivity contribution in [2.45, 2.75) is 13.0 Å². The smallest absolute Gasteiger partial charge is 0.305 e. The third kappa shape index (κ3) is 2.96. The van der Waals surface area contributed by atoms with Gasteiger partial charge in [-0.2, -0.15) is 5.10 Å². The molecule has 1 atom stereocenters. The van der Waals surface area contributed by atoms with Crippen molar-refractivity contribution < 1.29 is 9.72 Å². The molecule has 9 heteroatoms. The first-order valence-corrected chi connectivity index (χ1v) is 6.16. The van der Waals surface area contributed by atoms with Gasteiger partial charge in [0.25, 0.3) is 5.91 Å². The van der Waals surface area contributed by atoms with Crippen molar-refractivity contribution in [1.29, 1.82) is 0 Å². The summed E-state index contributed by atoms with van der Waals surface area (Å²) < 4.78 is 0. The second-order valence-electron chi connectivity index (χ2n) is 4.27. The summed E-state index contributed by atoms with van der Waals surface area (Å²) in [4.78, 5) is 26.8. The molecule has 1 amide bonds. The SMILES string of the molecule is CNc1cccc(C(=O)NC(C)c2ncn[nH]2)c1[N+](=O)[O-]. The highest BCUT2D eigenvalue weighted by atomic mass is 16.6. The van der Waals surface area contributed by atoms with Gasteiger partial charge in [0.15, 0.2) is 0 Å². The molecule has 0 saturated carbocycles. The number of anilines is 1. The number of benzene rings is 1. The van der Waals surface area contributed by atoms with E-state index in [-0.39, 0.29) is 16.9 Å². The fourth-order valence-corrected chi connectivity index (χ4v) is 1.89. The highest BCUT2D eigenvalue weighted by Crippen LogP contribution is 2.28. The summed E-state index contributed by atoms with van der Waals surface area (Å²) in [5.74, 6) is -0.0847. The average Bonchev–Trinajstić information content (AvgIpc) is 3.00. The fraction of sp³-hybridized carbons (Fsp3) is 0.250. The quantitative estimate of drug-likeness (QED) is 0.562. The first-order chi connectivity index (χ1) is 10.0. The maximum absolute atomic E-state index is 12.2. The number of aromatic amines is 1. The van der Waals surface area contributed by atoms with Gasteiger partial charge in [0.05, 0.1) is 11.0 Å². The largest absolute Gasteiger partial charge is 0.383 e. The van der Waals surface area contributed by atoms with Crippen LogP contribution in [0.2, 0.25) is 0 Å². The number of nitrogens with zero attached hydrogens (tertiary/aromatic N) is 3. The molecule has 1 unspecified atom stereocenters. The minimum absolute atomic E-state index is 0.0155. The van der Waals surface area contributed by atoms with Gasteiger partial charge in [-0.05, 0) is 19.1 Å². The zero-order valence-corrected chi connectivity index (χ0v) is 11.5. The molecule has 1 aromatic heterocycles. The molecule has 0 fully saturated rings. The monoisotopic (exact) mass is 290 g/mol. The number of rotatable bonds is 5. The molecular formula is C12H14N6O3. The highest BCUT2D eigenvalue weighted by molar-refractivity contribution is 6.00. The van der Waals surface area contributed by atoms with E-state index in [4.69, 9.17) is 0 Å². The van der Waals surface area contributed by atoms with Crippen molar-refractivity contribution >= 4 is 17.3 Å². The summed E-state index contributed by atoms with van der Waals surface area (Å²) in [6, 6.07) is 4.07. The van der Waals surface area contributed by atoms with Gasteiger partial charge in [0.1, 0.15) is 23.4 Å². The van der Waals surface area contributed by atoms with Crippen molar-refractivity contribution in [1.82, 2.24) is 20.5 Å². The number of nitrogens with one attached hydrogen (secondary N) is 3. The van der Waals surface area contributed by atoms with Gasteiger partial charge in [-0.15, -0.1) is 0 Å². The lowest BCUT2D eigenvalue weighted by Gasteiger charge is -2.12. The van der Waals surface area contributed by atoms with E-state index in [0.29, 0.717) is 5.82 Å². The van der Waals surface area contributed by atoms with Gasteiger partial charge < -0.3 is 10.6 Å². The van der Waals surface area contributed by atoms with Crippen LogP contribution < -0.4 is 10.6 Å². The van der Waals surface area contributed by atoms with Crippen LogP contribution in [0.5, 0.6) is 0 Å². The molecule has 0 saturated heterocycles. The number of carbonyl (C=O) groups excluding carboxylic acids is 1. The molecule has 0 aliphatic heterocycles. The van der Waals surface area contributed by atoms with Crippen LogP contribution in [0.3, 0.4) is 0 Å². The third-order valence-corrected chi connectivity index (χ3v) is 2.92. The first kappa shape index (κ1) is 14.4. The summed E-state index contributed by atoms with van der Waals surface area (Å²) in [6.45, 7) is 1.70. The van der Waals surface area contributed by atoms with Gasteiger partial charge in [-0.3, -0.25) is 20.0 Å². The number of hydrogen-bond donors (Lipinski definition) is 3. The topological polar surface area (TPSA) is 126 Å². The number of hydrogen-bond acceptors (Lipinski definition) is 6. The number of para-hydroxylation sites is 1. The van der Waals surface area contributed by atoms with Crippen molar-refractivity contribution in [3.63, 3.8) is 0 Å². The summed E-state index contributed by atoms with van der Waals surface area (Å²) in [5, 5.41) is 22.8. The van der Waals surface area contributed by atoms with Crippen LogP contribution in [0.4, 0.5) is 11.4 Å². The predicted molar refractivity (Wildman–Crippen MR) is 74.9 cm³/mol. The minimum Gasteiger partial charge on any atom is -0.383 e. The summed E-state index contributed by atoms with van der Waals surface area (Å²) in [6.07, 6.45) is 1.32. The summed E-state index contributed by atoms with van der Waals surface area (Å²) in [5.41, 5.74) is 0.000420. The molecule has 0 aliphatic carbocycles. The summed E-state index contributed by atoms with van der Waals surface area (Å²) in [7, 11) is 1.56. The van der Waals surface area contributed by atoms with Crippen molar-refractivity contribution in [3.05, 3.63) is 46.0 Å². The second kappa shape index (κ2) is 5.99. The Morgan fingerprint density at radius 3 is 2.81 bits per heavy atom. The van der Waals surface area contributed by atoms with Gasteiger partial charge >= 0.3 is 5.69 Å². The zero-order valence-electron chi connectivity index (χ0n) is 11.5. The number of nitro groups is 1. The number of carbonyl (C=O) groups is 1. The van der Waals surface area contributed by atoms with Crippen LogP contribution in [0.1, 0.15) is 29.1 Å². The van der Waals surface area contributed by atoms with E-state index in [9.17, 15) is 14.9 Å². The number of H-pyrrole nitrogens is 1. The van der Waals surface area contributed by atoms with Crippen molar-refractivity contribution in [2.75, 3.05) is 12.4 Å². The molecule has 0 radical (unpaired) electrons. The number of amides is 1. The lowest BCUT2D eigenvalue weighted by atomic mass is 10.1. The normalized spacial score (nSPS) is 11.7. The van der Waals surface area contributed by atoms with Crippen LogP contribution in [-0.2, 0) is 0 Å². The van der Waals surface area contributed by atoms with Crippen LogP contribution in [-0.4, -0.2) is 33.1 Å². The third-order valence-electron chi connectivity index (χ3n) is 2.92.